The number of rotatable bonds is 17. The van der Waals surface area contributed by atoms with Crippen LogP contribution in [0.25, 0.3) is 0 Å². The lowest BCUT2D eigenvalue weighted by Gasteiger charge is -2.26. The molecule has 0 radical (unpaired) electrons. The highest BCUT2D eigenvalue weighted by atomic mass is 32.2. The van der Waals surface area contributed by atoms with Gasteiger partial charge in [-0.05, 0) is 82.9 Å². The number of H-pyrrole nitrogens is 1. The summed E-state index contributed by atoms with van der Waals surface area (Å²) in [4.78, 5) is 0. The Bertz CT molecular complexity index is 2300. The highest BCUT2D eigenvalue weighted by Gasteiger charge is 2.30. The third kappa shape index (κ3) is 10.4. The topological polar surface area (TPSA) is 167 Å². The molecule has 15 nitrogen and oxygen atoms in total. The standard InChI is InChI=1S/C22H25N3O5S.C19H21N3O4S/c1-28-20-7-3-17(4-8-20)13-24(14-18-5-9-21(29-2)10-6-18)31(26,27)22-11-12-25(23-22)19-15-30-16-19;1-25-17-7-3-15(4-8-17)13-22(27(23,24)19-11-12-20-21-19)14-16-5-9-18(26-2)10-6-16/h3-12,19H,13-16H2,1-2H3;3-12H,13-14H2,1-2H3,(H,20,21). The molecule has 1 aliphatic heterocycles. The first-order valence-corrected chi connectivity index (χ1v) is 21.0. The molecule has 0 bridgehead atoms. The molecule has 58 heavy (non-hydrogen) atoms. The molecule has 306 valence electrons. The third-order valence-corrected chi connectivity index (χ3v) is 12.8. The van der Waals surface area contributed by atoms with Crippen LogP contribution >= 0.6 is 0 Å². The number of nitrogens with one attached hydrogen (secondary N) is 1. The fraction of sp³-hybridized carbons (Fsp3) is 0.268. The molecule has 6 aromatic rings. The van der Waals surface area contributed by atoms with Crippen molar-refractivity contribution in [1.29, 1.82) is 0 Å². The van der Waals surface area contributed by atoms with Crippen molar-refractivity contribution in [3.05, 3.63) is 144 Å². The minimum atomic E-state index is -3.83. The summed E-state index contributed by atoms with van der Waals surface area (Å²) in [5, 5.41) is 10.7. The molecule has 0 atom stereocenters. The molecule has 0 saturated carbocycles. The van der Waals surface area contributed by atoms with E-state index in [2.05, 4.69) is 15.3 Å². The second-order valence-electron chi connectivity index (χ2n) is 13.2. The molecule has 1 saturated heterocycles. The number of aromatic nitrogens is 4. The predicted molar refractivity (Wildman–Crippen MR) is 216 cm³/mol. The van der Waals surface area contributed by atoms with Crippen LogP contribution in [0.15, 0.2) is 132 Å². The molecule has 2 aromatic heterocycles. The third-order valence-electron chi connectivity index (χ3n) is 9.35. The van der Waals surface area contributed by atoms with Crippen LogP contribution < -0.4 is 18.9 Å². The van der Waals surface area contributed by atoms with E-state index >= 15 is 0 Å². The number of nitrogens with zero attached hydrogens (tertiary/aromatic N) is 5. The Morgan fingerprint density at radius 3 is 1.28 bits per heavy atom. The van der Waals surface area contributed by atoms with Crippen LogP contribution in [0.2, 0.25) is 0 Å². The number of hydrogen-bond acceptors (Lipinski definition) is 11. The lowest BCUT2D eigenvalue weighted by molar-refractivity contribution is -0.0291. The van der Waals surface area contributed by atoms with Gasteiger partial charge in [-0.15, -0.1) is 0 Å². The van der Waals surface area contributed by atoms with Gasteiger partial charge >= 0.3 is 0 Å². The van der Waals surface area contributed by atoms with E-state index in [0.29, 0.717) is 13.2 Å². The quantitative estimate of drug-likeness (QED) is 0.120. The Balaban J connectivity index is 0.000000198. The number of sulfonamides is 2. The summed E-state index contributed by atoms with van der Waals surface area (Å²) in [6.07, 6.45) is 3.12. The summed E-state index contributed by atoms with van der Waals surface area (Å²) < 4.78 is 83.5. The van der Waals surface area contributed by atoms with Crippen LogP contribution in [0.5, 0.6) is 23.0 Å². The van der Waals surface area contributed by atoms with Gasteiger partial charge in [-0.2, -0.15) is 18.8 Å². The van der Waals surface area contributed by atoms with E-state index in [9.17, 15) is 16.8 Å². The molecule has 1 fully saturated rings. The summed E-state index contributed by atoms with van der Waals surface area (Å²) >= 11 is 0. The highest BCUT2D eigenvalue weighted by Crippen LogP contribution is 2.25. The normalized spacial score (nSPS) is 13.1. The SMILES string of the molecule is COc1ccc(CN(Cc2ccc(OC)cc2)S(=O)(=O)c2ccn(C3COC3)n2)cc1.COc1ccc(CN(Cc2ccc(OC)cc2)S(=O)(=O)c2ccn[nH]2)cc1. The molecule has 17 heteroatoms. The number of hydrogen-bond donors (Lipinski definition) is 1. The van der Waals surface area contributed by atoms with Gasteiger partial charge in [0, 0.05) is 32.4 Å². The molecular weight excluding hydrogens is 785 g/mol. The van der Waals surface area contributed by atoms with Crippen LogP contribution in [-0.4, -0.2) is 87.1 Å². The summed E-state index contributed by atoms with van der Waals surface area (Å²) in [5.74, 6) is 2.87. The van der Waals surface area contributed by atoms with E-state index < -0.39 is 20.0 Å². The minimum absolute atomic E-state index is 0.0291. The average Bonchev–Trinajstić information content (AvgIpc) is 3.96. The summed E-state index contributed by atoms with van der Waals surface area (Å²) in [6.45, 7) is 1.94. The van der Waals surface area contributed by atoms with Gasteiger partial charge < -0.3 is 23.7 Å². The van der Waals surface area contributed by atoms with Gasteiger partial charge in [0.25, 0.3) is 20.0 Å². The zero-order chi connectivity index (χ0) is 41.1. The predicted octanol–water partition coefficient (Wildman–Crippen LogP) is 5.68. The van der Waals surface area contributed by atoms with Crippen molar-refractivity contribution in [1.82, 2.24) is 28.6 Å². The molecule has 0 unspecified atom stereocenters. The van der Waals surface area contributed by atoms with Crippen LogP contribution in [-0.2, 0) is 51.0 Å². The molecule has 1 aliphatic rings. The maximum Gasteiger partial charge on any atom is 0.262 e. The van der Waals surface area contributed by atoms with Gasteiger partial charge in [0.15, 0.2) is 10.1 Å². The summed E-state index contributed by atoms with van der Waals surface area (Å²) in [7, 11) is -1.19. The molecular formula is C41H46N6O9S2. The van der Waals surface area contributed by atoms with Crippen molar-refractivity contribution in [2.75, 3.05) is 41.7 Å². The first-order chi connectivity index (χ1) is 28.0. The number of benzene rings is 4. The minimum Gasteiger partial charge on any atom is -0.497 e. The van der Waals surface area contributed by atoms with E-state index in [-0.39, 0.29) is 42.3 Å². The Hall–Kier alpha value is -5.72. The van der Waals surface area contributed by atoms with Gasteiger partial charge in [0.05, 0.1) is 53.9 Å². The molecule has 7 rings (SSSR count). The van der Waals surface area contributed by atoms with Crippen LogP contribution in [0.1, 0.15) is 28.3 Å². The van der Waals surface area contributed by atoms with E-state index in [0.717, 1.165) is 45.3 Å². The van der Waals surface area contributed by atoms with E-state index in [1.807, 2.05) is 97.1 Å². The smallest absolute Gasteiger partial charge is 0.262 e. The fourth-order valence-corrected chi connectivity index (χ4v) is 8.54. The van der Waals surface area contributed by atoms with Crippen molar-refractivity contribution in [2.24, 2.45) is 0 Å². The van der Waals surface area contributed by atoms with Gasteiger partial charge in [-0.25, -0.2) is 16.8 Å². The van der Waals surface area contributed by atoms with E-state index in [1.54, 1.807) is 45.4 Å². The van der Waals surface area contributed by atoms with Crippen molar-refractivity contribution in [3.63, 3.8) is 0 Å². The molecule has 0 amide bonds. The molecule has 4 aromatic carbocycles. The Morgan fingerprint density at radius 2 is 0.966 bits per heavy atom. The summed E-state index contributed by atoms with van der Waals surface area (Å²) in [5.41, 5.74) is 3.41. The van der Waals surface area contributed by atoms with Crippen LogP contribution in [0.3, 0.4) is 0 Å². The van der Waals surface area contributed by atoms with Crippen LogP contribution in [0, 0.1) is 0 Å². The number of methoxy groups -OCH3 is 4. The first kappa shape index (κ1) is 41.9. The Labute approximate surface area is 338 Å². The Morgan fingerprint density at radius 1 is 0.586 bits per heavy atom. The molecule has 1 N–H and O–H groups in total. The maximum atomic E-state index is 13.5. The van der Waals surface area contributed by atoms with Gasteiger partial charge in [-0.1, -0.05) is 48.5 Å². The van der Waals surface area contributed by atoms with Gasteiger partial charge in [0.1, 0.15) is 23.0 Å². The highest BCUT2D eigenvalue weighted by molar-refractivity contribution is 7.89. The molecule has 0 spiro atoms. The van der Waals surface area contributed by atoms with Gasteiger partial charge in [-0.3, -0.25) is 9.78 Å². The maximum absolute atomic E-state index is 13.5. The van der Waals surface area contributed by atoms with Crippen molar-refractivity contribution < 1.29 is 40.5 Å². The van der Waals surface area contributed by atoms with Gasteiger partial charge in [0.2, 0.25) is 0 Å². The second kappa shape index (κ2) is 19.1. The number of aromatic amines is 1. The van der Waals surface area contributed by atoms with Crippen molar-refractivity contribution in [3.8, 4) is 23.0 Å². The zero-order valence-corrected chi connectivity index (χ0v) is 34.2. The zero-order valence-electron chi connectivity index (χ0n) is 32.6. The van der Waals surface area contributed by atoms with Crippen molar-refractivity contribution in [2.45, 2.75) is 42.3 Å². The number of ether oxygens (including phenoxy) is 5. The Kier molecular flexibility index (Phi) is 13.8. The van der Waals surface area contributed by atoms with Crippen molar-refractivity contribution >= 4 is 20.0 Å². The summed E-state index contributed by atoms with van der Waals surface area (Å²) in [6, 6.07) is 32.4. The average molecular weight is 831 g/mol. The lowest BCUT2D eigenvalue weighted by Crippen LogP contribution is -2.32. The van der Waals surface area contributed by atoms with E-state index in [4.69, 9.17) is 23.7 Å². The van der Waals surface area contributed by atoms with Crippen LogP contribution in [0.4, 0.5) is 0 Å². The largest absolute Gasteiger partial charge is 0.497 e. The monoisotopic (exact) mass is 830 g/mol. The fourth-order valence-electron chi connectivity index (χ4n) is 5.89. The second-order valence-corrected chi connectivity index (χ2v) is 17.0. The lowest BCUT2D eigenvalue weighted by atomic mass is 10.2. The molecule has 3 heterocycles. The first-order valence-electron chi connectivity index (χ1n) is 18.2. The van der Waals surface area contributed by atoms with E-state index in [1.165, 1.54) is 20.9 Å². The molecule has 0 aliphatic carbocycles.